The van der Waals surface area contributed by atoms with Crippen LogP contribution in [0.3, 0.4) is 0 Å². The van der Waals surface area contributed by atoms with Gasteiger partial charge in [-0.2, -0.15) is 0 Å². The van der Waals surface area contributed by atoms with Crippen molar-refractivity contribution in [3.63, 3.8) is 0 Å². The summed E-state index contributed by atoms with van der Waals surface area (Å²) in [7, 11) is 0. The SMILES string of the molecule is [2H]c1c(-c2cc(-c3ccc(-c4ccccc4)cc3)ccn2)cc(-c2cccc3c2nc(-c2cc(C(C)(C)C)cc(C(C)(C)C)c2O)n3-c2ccc(-c3ccccc3)cc2)c([2H])c1C(C([2H])([2H])[2H])(C([2H])([2H])[2H])C([2H])([2H])[2H]. The molecule has 0 aliphatic heterocycles. The molecule has 318 valence electrons. The van der Waals surface area contributed by atoms with Crippen LogP contribution in [-0.2, 0) is 16.2 Å². The molecule has 7 aromatic carbocycles. The lowest BCUT2D eigenvalue weighted by Crippen LogP contribution is -2.17. The molecule has 2 heterocycles. The molecule has 0 atom stereocenters. The van der Waals surface area contributed by atoms with Crippen LogP contribution in [0.1, 0.15) is 93.9 Å². The third-order valence-corrected chi connectivity index (χ3v) is 11.8. The first-order valence-electron chi connectivity index (χ1n) is 27.0. The smallest absolute Gasteiger partial charge is 0.149 e. The van der Waals surface area contributed by atoms with E-state index in [2.05, 4.69) is 25.8 Å². The van der Waals surface area contributed by atoms with Gasteiger partial charge in [0, 0.05) is 40.9 Å². The van der Waals surface area contributed by atoms with Crippen molar-refractivity contribution in [2.75, 3.05) is 0 Å². The Bertz CT molecular complexity index is 3550. The van der Waals surface area contributed by atoms with Gasteiger partial charge < -0.3 is 5.11 Å². The van der Waals surface area contributed by atoms with Gasteiger partial charge in [-0.1, -0.05) is 183 Å². The number of nitrogens with zero attached hydrogens (tertiary/aromatic N) is 3. The van der Waals surface area contributed by atoms with Gasteiger partial charge in [0.25, 0.3) is 0 Å². The van der Waals surface area contributed by atoms with Crippen LogP contribution in [0.2, 0.25) is 0 Å². The van der Waals surface area contributed by atoms with Crippen LogP contribution in [0.5, 0.6) is 5.75 Å². The second-order valence-corrected chi connectivity index (χ2v) is 18.5. The van der Waals surface area contributed by atoms with Crippen molar-refractivity contribution in [2.24, 2.45) is 0 Å². The van der Waals surface area contributed by atoms with E-state index in [1.165, 1.54) is 12.3 Å². The zero-order valence-corrected chi connectivity index (χ0v) is 36.9. The number of aromatic nitrogens is 3. The van der Waals surface area contributed by atoms with Crippen molar-refractivity contribution < 1.29 is 20.2 Å². The fourth-order valence-corrected chi connectivity index (χ4v) is 8.23. The molecular formula is C60H57N3O. The van der Waals surface area contributed by atoms with Gasteiger partial charge in [0.05, 0.1) is 25.0 Å². The molecule has 4 heteroatoms. The molecule has 0 fully saturated rings. The molecule has 0 unspecified atom stereocenters. The average Bonchev–Trinajstić information content (AvgIpc) is 3.81. The Morgan fingerprint density at radius 3 is 1.67 bits per heavy atom. The second kappa shape index (κ2) is 16.3. The number of imidazole rings is 1. The van der Waals surface area contributed by atoms with E-state index in [0.717, 1.165) is 33.4 Å². The molecule has 0 aliphatic rings. The number of pyridine rings is 1. The predicted molar refractivity (Wildman–Crippen MR) is 269 cm³/mol. The molecule has 64 heavy (non-hydrogen) atoms. The first-order chi connectivity index (χ1) is 35.1. The van der Waals surface area contributed by atoms with Gasteiger partial charge in [-0.3, -0.25) is 9.55 Å². The van der Waals surface area contributed by atoms with E-state index in [-0.39, 0.29) is 39.1 Å². The van der Waals surface area contributed by atoms with E-state index in [1.807, 2.05) is 153 Å². The molecule has 0 aliphatic carbocycles. The van der Waals surface area contributed by atoms with Gasteiger partial charge >= 0.3 is 0 Å². The van der Waals surface area contributed by atoms with E-state index in [9.17, 15) is 7.85 Å². The number of rotatable bonds is 7. The minimum Gasteiger partial charge on any atom is -0.507 e. The van der Waals surface area contributed by atoms with Gasteiger partial charge in [0.2, 0.25) is 0 Å². The Labute approximate surface area is 394 Å². The molecule has 9 aromatic rings. The van der Waals surface area contributed by atoms with Gasteiger partial charge in [0.15, 0.2) is 0 Å². The van der Waals surface area contributed by atoms with Crippen LogP contribution in [0, 0.1) is 0 Å². The quantitative estimate of drug-likeness (QED) is 0.174. The summed E-state index contributed by atoms with van der Waals surface area (Å²) in [5.41, 5.74) is 3.41. The van der Waals surface area contributed by atoms with Gasteiger partial charge in [-0.15, -0.1) is 0 Å². The zero-order valence-electron chi connectivity index (χ0n) is 47.9. The molecule has 2 aromatic heterocycles. The Morgan fingerprint density at radius 2 is 1.08 bits per heavy atom. The molecule has 0 radical (unpaired) electrons. The third kappa shape index (κ3) is 8.29. The van der Waals surface area contributed by atoms with Gasteiger partial charge in [-0.25, -0.2) is 4.98 Å². The van der Waals surface area contributed by atoms with Crippen molar-refractivity contribution in [2.45, 2.75) is 78.3 Å². The highest BCUT2D eigenvalue weighted by Gasteiger charge is 2.29. The monoisotopic (exact) mass is 847 g/mol. The molecule has 0 spiro atoms. The van der Waals surface area contributed by atoms with Crippen LogP contribution in [0.4, 0.5) is 0 Å². The number of aromatic hydroxyl groups is 1. The van der Waals surface area contributed by atoms with Crippen LogP contribution in [0.25, 0.3) is 83.9 Å². The van der Waals surface area contributed by atoms with Gasteiger partial charge in [0.1, 0.15) is 11.6 Å². The van der Waals surface area contributed by atoms with Crippen molar-refractivity contribution >= 4 is 11.0 Å². The summed E-state index contributed by atoms with van der Waals surface area (Å²) in [6, 6.07) is 47.9. The van der Waals surface area contributed by atoms with Crippen molar-refractivity contribution in [1.82, 2.24) is 14.5 Å². The number of fused-ring (bicyclic) bond motifs is 1. The first kappa shape index (κ1) is 30.9. The van der Waals surface area contributed by atoms with Crippen LogP contribution in [-0.4, -0.2) is 19.6 Å². The fraction of sp³-hybridized carbons (Fsp3) is 0.200. The normalized spacial score (nSPS) is 15.3. The molecule has 1 N–H and O–H groups in total. The fourth-order valence-electron chi connectivity index (χ4n) is 8.23. The topological polar surface area (TPSA) is 50.9 Å². The second-order valence-electron chi connectivity index (χ2n) is 18.5. The Kier molecular flexibility index (Phi) is 7.85. The minimum atomic E-state index is -3.80. The zero-order chi connectivity index (χ0) is 54.2. The van der Waals surface area contributed by atoms with Crippen LogP contribution in [0.15, 0.2) is 176 Å². The van der Waals surface area contributed by atoms with Crippen molar-refractivity contribution in [3.05, 3.63) is 193 Å². The molecule has 0 saturated carbocycles. The maximum absolute atomic E-state index is 12.4. The average molecular weight is 847 g/mol. The Morgan fingerprint density at radius 1 is 0.500 bits per heavy atom. The first-order valence-corrected chi connectivity index (χ1v) is 21.5. The number of benzene rings is 7. The number of hydrogen-bond acceptors (Lipinski definition) is 3. The van der Waals surface area contributed by atoms with E-state index in [4.69, 9.17) is 17.3 Å². The van der Waals surface area contributed by atoms with E-state index >= 15 is 0 Å². The van der Waals surface area contributed by atoms with Gasteiger partial charge in [-0.05, 0) is 115 Å². The highest BCUT2D eigenvalue weighted by molar-refractivity contribution is 5.97. The Hall–Kier alpha value is -7.04. The summed E-state index contributed by atoms with van der Waals surface area (Å²) in [5, 5.41) is 12.4. The van der Waals surface area contributed by atoms with Crippen molar-refractivity contribution in [1.29, 1.82) is 0 Å². The Balaban J connectivity index is 1.37. The summed E-state index contributed by atoms with van der Waals surface area (Å²) in [4.78, 5) is 9.97. The lowest BCUT2D eigenvalue weighted by Gasteiger charge is -2.27. The van der Waals surface area contributed by atoms with E-state index < -0.39 is 49.0 Å². The summed E-state index contributed by atoms with van der Waals surface area (Å²) >= 11 is 0. The summed E-state index contributed by atoms with van der Waals surface area (Å²) in [6.45, 7) is 0.929. The minimum absolute atomic E-state index is 0.0114. The number of phenolic OH excluding ortho intramolecular Hbond substituents is 1. The lowest BCUT2D eigenvalue weighted by atomic mass is 9.79. The van der Waals surface area contributed by atoms with Crippen LogP contribution >= 0.6 is 0 Å². The third-order valence-electron chi connectivity index (χ3n) is 11.8. The highest BCUT2D eigenvalue weighted by atomic mass is 16.3. The van der Waals surface area contributed by atoms with E-state index in [1.54, 1.807) is 24.3 Å². The molecule has 0 saturated heterocycles. The predicted octanol–water partition coefficient (Wildman–Crippen LogP) is 16.0. The standard InChI is InChI=1S/C60H57N3O/c1-58(2,3)47-34-45(33-46(35-47)53-36-44(31-32-61-53)43-25-23-41(24-26-43)39-17-12-10-13-18-39)50-21-16-22-54-55(50)62-57(51-37-48(59(4,5)6)38-52(56(51)64)60(7,8)9)63(54)49-29-27-42(28-30-49)40-19-14-11-15-20-40/h10-38,64H,1-9H3/i1D3,2D3,3D3,34D,35D. The molecule has 4 nitrogen and oxygen atoms in total. The summed E-state index contributed by atoms with van der Waals surface area (Å²) in [5.74, 6) is 0.342. The molecule has 9 rings (SSSR count). The maximum Gasteiger partial charge on any atom is 0.149 e. The summed E-state index contributed by atoms with van der Waals surface area (Å²) in [6.07, 6.45) is 1.51. The summed E-state index contributed by atoms with van der Waals surface area (Å²) < 4.78 is 101. The molecule has 0 bridgehead atoms. The number of hydrogen-bond donors (Lipinski definition) is 1. The largest absolute Gasteiger partial charge is 0.507 e. The highest BCUT2D eigenvalue weighted by Crippen LogP contribution is 2.45. The maximum atomic E-state index is 12.4. The molecule has 0 amide bonds. The molecular weight excluding hydrogens is 779 g/mol. The van der Waals surface area contributed by atoms with Crippen molar-refractivity contribution in [3.8, 4) is 78.6 Å². The number of phenols is 1. The number of para-hydroxylation sites is 1. The van der Waals surface area contributed by atoms with Crippen LogP contribution < -0.4 is 0 Å². The lowest BCUT2D eigenvalue weighted by molar-refractivity contribution is 0.446. The van der Waals surface area contributed by atoms with E-state index in [0.29, 0.717) is 33.7 Å².